The molecule has 0 fully saturated rings. The molecule has 2 heterocycles. The van der Waals surface area contributed by atoms with Crippen LogP contribution in [0.5, 0.6) is 0 Å². The SMILES string of the molecule is CCc1ncc(S(=O)(=O)N(C)c2ccncc2)[nH]1. The van der Waals surface area contributed by atoms with Gasteiger partial charge in [-0.15, -0.1) is 0 Å². The van der Waals surface area contributed by atoms with E-state index in [4.69, 9.17) is 0 Å². The van der Waals surface area contributed by atoms with E-state index in [1.165, 1.54) is 17.5 Å². The average molecular weight is 266 g/mol. The summed E-state index contributed by atoms with van der Waals surface area (Å²) in [5.41, 5.74) is 0.553. The number of aryl methyl sites for hydroxylation is 1. The molecular formula is C11H14N4O2S. The van der Waals surface area contributed by atoms with Crippen LogP contribution in [0.2, 0.25) is 0 Å². The lowest BCUT2D eigenvalue weighted by molar-refractivity contribution is 0.591. The summed E-state index contributed by atoms with van der Waals surface area (Å²) in [6.45, 7) is 1.90. The summed E-state index contributed by atoms with van der Waals surface area (Å²) in [7, 11) is -2.10. The molecule has 0 bridgehead atoms. The molecule has 0 amide bonds. The average Bonchev–Trinajstić information content (AvgIpc) is 2.88. The Morgan fingerprint density at radius 1 is 1.33 bits per heavy atom. The number of aromatic nitrogens is 3. The fraction of sp³-hybridized carbons (Fsp3) is 0.273. The van der Waals surface area contributed by atoms with Gasteiger partial charge in [0, 0.05) is 25.9 Å². The van der Waals surface area contributed by atoms with Gasteiger partial charge < -0.3 is 4.98 Å². The molecule has 18 heavy (non-hydrogen) atoms. The second-order valence-corrected chi connectivity index (χ2v) is 5.66. The van der Waals surface area contributed by atoms with Gasteiger partial charge in [-0.2, -0.15) is 8.42 Å². The molecule has 0 radical (unpaired) electrons. The van der Waals surface area contributed by atoms with Crippen molar-refractivity contribution in [3.8, 4) is 0 Å². The van der Waals surface area contributed by atoms with E-state index in [1.807, 2.05) is 6.92 Å². The topological polar surface area (TPSA) is 79.0 Å². The van der Waals surface area contributed by atoms with E-state index in [0.29, 0.717) is 17.9 Å². The number of anilines is 1. The fourth-order valence-electron chi connectivity index (χ4n) is 1.49. The first kappa shape index (κ1) is 12.6. The van der Waals surface area contributed by atoms with E-state index < -0.39 is 10.0 Å². The van der Waals surface area contributed by atoms with Crippen molar-refractivity contribution in [1.82, 2.24) is 15.0 Å². The van der Waals surface area contributed by atoms with Crippen LogP contribution in [0.4, 0.5) is 5.69 Å². The van der Waals surface area contributed by atoms with Gasteiger partial charge >= 0.3 is 0 Å². The summed E-state index contributed by atoms with van der Waals surface area (Å²) < 4.78 is 25.8. The van der Waals surface area contributed by atoms with Crippen molar-refractivity contribution in [2.45, 2.75) is 18.4 Å². The van der Waals surface area contributed by atoms with Crippen LogP contribution in [0.3, 0.4) is 0 Å². The number of pyridine rings is 1. The Morgan fingerprint density at radius 2 is 2.00 bits per heavy atom. The highest BCUT2D eigenvalue weighted by atomic mass is 32.2. The zero-order chi connectivity index (χ0) is 13.2. The Kier molecular flexibility index (Phi) is 3.33. The number of aromatic amines is 1. The summed E-state index contributed by atoms with van der Waals surface area (Å²) in [6.07, 6.45) is 5.10. The number of nitrogens with one attached hydrogen (secondary N) is 1. The van der Waals surface area contributed by atoms with Gasteiger partial charge in [0.25, 0.3) is 10.0 Å². The first-order valence-corrected chi connectivity index (χ1v) is 6.92. The largest absolute Gasteiger partial charge is 0.332 e. The predicted molar refractivity (Wildman–Crippen MR) is 67.8 cm³/mol. The Labute approximate surface area is 106 Å². The third-order valence-corrected chi connectivity index (χ3v) is 4.30. The van der Waals surface area contributed by atoms with E-state index in [1.54, 1.807) is 24.5 Å². The van der Waals surface area contributed by atoms with E-state index in [0.717, 1.165) is 0 Å². The summed E-state index contributed by atoms with van der Waals surface area (Å²) >= 11 is 0. The van der Waals surface area contributed by atoms with E-state index in [2.05, 4.69) is 15.0 Å². The quantitative estimate of drug-likeness (QED) is 0.901. The van der Waals surface area contributed by atoms with Crippen LogP contribution < -0.4 is 4.31 Å². The Bertz CT molecular complexity index is 622. The van der Waals surface area contributed by atoms with Crippen LogP contribution in [-0.2, 0) is 16.4 Å². The Hall–Kier alpha value is -1.89. The molecule has 96 valence electrons. The molecule has 0 aliphatic rings. The zero-order valence-corrected chi connectivity index (χ0v) is 11.0. The zero-order valence-electron chi connectivity index (χ0n) is 10.2. The molecule has 2 aromatic heterocycles. The minimum absolute atomic E-state index is 0.0960. The van der Waals surface area contributed by atoms with E-state index in [-0.39, 0.29) is 5.03 Å². The fourth-order valence-corrected chi connectivity index (χ4v) is 2.62. The van der Waals surface area contributed by atoms with Gasteiger partial charge in [-0.25, -0.2) is 4.98 Å². The van der Waals surface area contributed by atoms with Gasteiger partial charge in [0.15, 0.2) is 5.03 Å². The van der Waals surface area contributed by atoms with Crippen LogP contribution in [-0.4, -0.2) is 30.4 Å². The maximum atomic E-state index is 12.3. The van der Waals surface area contributed by atoms with Gasteiger partial charge in [0.1, 0.15) is 5.82 Å². The maximum Gasteiger partial charge on any atom is 0.281 e. The number of nitrogens with zero attached hydrogens (tertiary/aromatic N) is 3. The van der Waals surface area contributed by atoms with Gasteiger partial charge in [0.2, 0.25) is 0 Å². The molecule has 2 rings (SSSR count). The molecule has 6 nitrogen and oxygen atoms in total. The molecule has 0 unspecified atom stereocenters. The number of sulfonamides is 1. The standard InChI is InChI=1S/C11H14N4O2S/c1-3-10-13-8-11(14-10)18(16,17)15(2)9-4-6-12-7-5-9/h4-8H,3H2,1-2H3,(H,13,14). The monoisotopic (exact) mass is 266 g/mol. The van der Waals surface area contributed by atoms with Crippen LogP contribution in [0.25, 0.3) is 0 Å². The normalized spacial score (nSPS) is 11.4. The lowest BCUT2D eigenvalue weighted by Crippen LogP contribution is -2.26. The van der Waals surface area contributed by atoms with Gasteiger partial charge in [-0.1, -0.05) is 6.92 Å². The van der Waals surface area contributed by atoms with E-state index >= 15 is 0 Å². The molecule has 0 saturated heterocycles. The molecule has 1 N–H and O–H groups in total. The summed E-state index contributed by atoms with van der Waals surface area (Å²) in [5, 5.41) is 0.0960. The molecule has 0 aromatic carbocycles. The number of imidazole rings is 1. The molecule has 0 aliphatic carbocycles. The van der Waals surface area contributed by atoms with Gasteiger partial charge in [-0.3, -0.25) is 9.29 Å². The first-order chi connectivity index (χ1) is 8.55. The van der Waals surface area contributed by atoms with Crippen LogP contribution in [0.15, 0.2) is 35.7 Å². The smallest absolute Gasteiger partial charge is 0.281 e. The van der Waals surface area contributed by atoms with E-state index in [9.17, 15) is 8.42 Å². The number of hydrogen-bond acceptors (Lipinski definition) is 4. The number of hydrogen-bond donors (Lipinski definition) is 1. The van der Waals surface area contributed by atoms with Crippen molar-refractivity contribution in [1.29, 1.82) is 0 Å². The molecule has 7 heteroatoms. The molecule has 0 saturated carbocycles. The highest BCUT2D eigenvalue weighted by Gasteiger charge is 2.23. The van der Waals surface area contributed by atoms with Crippen LogP contribution >= 0.6 is 0 Å². The van der Waals surface area contributed by atoms with Gasteiger partial charge in [-0.05, 0) is 12.1 Å². The predicted octanol–water partition coefficient (Wildman–Crippen LogP) is 1.19. The third-order valence-electron chi connectivity index (χ3n) is 2.60. The van der Waals surface area contributed by atoms with Crippen molar-refractivity contribution in [2.75, 3.05) is 11.4 Å². The molecular weight excluding hydrogens is 252 g/mol. The molecule has 0 spiro atoms. The van der Waals surface area contributed by atoms with Crippen molar-refractivity contribution < 1.29 is 8.42 Å². The molecule has 0 aliphatic heterocycles. The number of H-pyrrole nitrogens is 1. The summed E-state index contributed by atoms with van der Waals surface area (Å²) in [4.78, 5) is 10.7. The molecule has 0 atom stereocenters. The molecule has 2 aromatic rings. The van der Waals surface area contributed by atoms with Crippen LogP contribution in [0, 0.1) is 0 Å². The van der Waals surface area contributed by atoms with Crippen molar-refractivity contribution >= 4 is 15.7 Å². The van der Waals surface area contributed by atoms with Crippen molar-refractivity contribution in [3.05, 3.63) is 36.5 Å². The van der Waals surface area contributed by atoms with Crippen LogP contribution in [0.1, 0.15) is 12.7 Å². The minimum atomic E-state index is -3.59. The highest BCUT2D eigenvalue weighted by Crippen LogP contribution is 2.19. The lowest BCUT2D eigenvalue weighted by atomic mass is 10.4. The third kappa shape index (κ3) is 2.21. The minimum Gasteiger partial charge on any atom is -0.332 e. The van der Waals surface area contributed by atoms with Crippen molar-refractivity contribution in [3.63, 3.8) is 0 Å². The first-order valence-electron chi connectivity index (χ1n) is 5.48. The lowest BCUT2D eigenvalue weighted by Gasteiger charge is -2.17. The summed E-state index contributed by atoms with van der Waals surface area (Å²) in [6, 6.07) is 3.27. The highest BCUT2D eigenvalue weighted by molar-refractivity contribution is 7.92. The Balaban J connectivity index is 2.37. The summed E-state index contributed by atoms with van der Waals surface area (Å²) in [5.74, 6) is 0.650. The number of rotatable bonds is 4. The van der Waals surface area contributed by atoms with Gasteiger partial charge in [0.05, 0.1) is 11.9 Å². The van der Waals surface area contributed by atoms with Crippen molar-refractivity contribution in [2.24, 2.45) is 0 Å². The Morgan fingerprint density at radius 3 is 2.56 bits per heavy atom. The second kappa shape index (κ2) is 4.77. The maximum absolute atomic E-state index is 12.3. The second-order valence-electron chi connectivity index (χ2n) is 3.73.